The van der Waals surface area contributed by atoms with Gasteiger partial charge in [0.1, 0.15) is 5.82 Å². The number of anilines is 1. The monoisotopic (exact) mass is 233 g/mol. The van der Waals surface area contributed by atoms with Crippen LogP contribution in [0.4, 0.5) is 5.82 Å². The van der Waals surface area contributed by atoms with E-state index < -0.39 is 5.97 Å². The lowest BCUT2D eigenvalue weighted by Gasteiger charge is -1.99. The van der Waals surface area contributed by atoms with Gasteiger partial charge in [-0.15, -0.1) is 0 Å². The van der Waals surface area contributed by atoms with Crippen molar-refractivity contribution >= 4 is 11.8 Å². The van der Waals surface area contributed by atoms with E-state index in [9.17, 15) is 4.79 Å². The second-order valence-electron chi connectivity index (χ2n) is 3.20. The predicted octanol–water partition coefficient (Wildman–Crippen LogP) is 0.421. The minimum Gasteiger partial charge on any atom is -0.462 e. The first kappa shape index (κ1) is 11.1. The number of hydrogen-bond acceptors (Lipinski definition) is 6. The van der Waals surface area contributed by atoms with E-state index in [-0.39, 0.29) is 5.82 Å². The SMILES string of the molecule is CCOC(=O)c1cnn(-c2cncc(N)n2)c1. The highest BCUT2D eigenvalue weighted by atomic mass is 16.5. The summed E-state index contributed by atoms with van der Waals surface area (Å²) < 4.78 is 6.26. The van der Waals surface area contributed by atoms with Crippen LogP contribution in [0.5, 0.6) is 0 Å². The van der Waals surface area contributed by atoms with Crippen molar-refractivity contribution < 1.29 is 9.53 Å². The fraction of sp³-hybridized carbons (Fsp3) is 0.200. The average molecular weight is 233 g/mol. The number of carbonyl (C=O) groups is 1. The first-order valence-electron chi connectivity index (χ1n) is 5.00. The normalized spacial score (nSPS) is 10.2. The molecular weight excluding hydrogens is 222 g/mol. The molecule has 0 radical (unpaired) electrons. The summed E-state index contributed by atoms with van der Waals surface area (Å²) in [5.74, 6) is 0.312. The van der Waals surface area contributed by atoms with E-state index in [2.05, 4.69) is 15.1 Å². The molecule has 0 aliphatic rings. The lowest BCUT2D eigenvalue weighted by atomic mass is 10.4. The Morgan fingerprint density at radius 3 is 3.00 bits per heavy atom. The zero-order valence-corrected chi connectivity index (χ0v) is 9.20. The van der Waals surface area contributed by atoms with E-state index in [1.807, 2.05) is 0 Å². The van der Waals surface area contributed by atoms with E-state index >= 15 is 0 Å². The Balaban J connectivity index is 2.27. The zero-order valence-electron chi connectivity index (χ0n) is 9.20. The number of ether oxygens (including phenoxy) is 1. The van der Waals surface area contributed by atoms with Crippen LogP contribution in [0.25, 0.3) is 5.82 Å². The molecular formula is C10H11N5O2. The number of nitrogens with zero attached hydrogens (tertiary/aromatic N) is 4. The van der Waals surface area contributed by atoms with E-state index in [0.717, 1.165) is 0 Å². The Bertz CT molecular complexity index is 537. The summed E-state index contributed by atoms with van der Waals surface area (Å²) >= 11 is 0. The minimum absolute atomic E-state index is 0.288. The quantitative estimate of drug-likeness (QED) is 0.772. The molecule has 0 fully saturated rings. The lowest BCUT2D eigenvalue weighted by Crippen LogP contribution is -2.04. The molecule has 0 saturated heterocycles. The summed E-state index contributed by atoms with van der Waals surface area (Å²) in [5.41, 5.74) is 5.86. The largest absolute Gasteiger partial charge is 0.462 e. The molecule has 0 unspecified atom stereocenters. The van der Waals surface area contributed by atoms with Gasteiger partial charge in [-0.1, -0.05) is 0 Å². The number of nitrogen functional groups attached to an aromatic ring is 1. The van der Waals surface area contributed by atoms with Gasteiger partial charge in [0.15, 0.2) is 5.82 Å². The molecule has 0 amide bonds. The molecule has 0 spiro atoms. The third kappa shape index (κ3) is 2.39. The Morgan fingerprint density at radius 1 is 1.47 bits per heavy atom. The number of aromatic nitrogens is 4. The van der Waals surface area contributed by atoms with Crippen molar-refractivity contribution in [1.82, 2.24) is 19.7 Å². The van der Waals surface area contributed by atoms with Crippen molar-refractivity contribution in [2.75, 3.05) is 12.3 Å². The van der Waals surface area contributed by atoms with Crippen LogP contribution in [0, 0.1) is 0 Å². The van der Waals surface area contributed by atoms with Crippen LogP contribution in [0.1, 0.15) is 17.3 Å². The van der Waals surface area contributed by atoms with Gasteiger partial charge in [0.05, 0.1) is 30.8 Å². The van der Waals surface area contributed by atoms with Gasteiger partial charge in [-0.25, -0.2) is 14.5 Å². The maximum absolute atomic E-state index is 11.4. The number of nitrogens with two attached hydrogens (primary N) is 1. The highest BCUT2D eigenvalue weighted by molar-refractivity contribution is 5.88. The van der Waals surface area contributed by atoms with Crippen molar-refractivity contribution in [2.24, 2.45) is 0 Å². The molecule has 17 heavy (non-hydrogen) atoms. The van der Waals surface area contributed by atoms with Gasteiger partial charge in [-0.05, 0) is 6.92 Å². The summed E-state index contributed by atoms with van der Waals surface area (Å²) in [7, 11) is 0. The lowest BCUT2D eigenvalue weighted by molar-refractivity contribution is 0.0526. The third-order valence-electron chi connectivity index (χ3n) is 1.97. The van der Waals surface area contributed by atoms with Crippen LogP contribution in [0.2, 0.25) is 0 Å². The fourth-order valence-electron chi connectivity index (χ4n) is 1.25. The van der Waals surface area contributed by atoms with Gasteiger partial charge in [0.25, 0.3) is 0 Å². The molecule has 0 aromatic carbocycles. The standard InChI is InChI=1S/C10H11N5O2/c1-2-17-10(16)7-3-13-15(6-7)9-5-12-4-8(11)14-9/h3-6H,2H2,1H3,(H2,11,14). The van der Waals surface area contributed by atoms with Gasteiger partial charge in [-0.3, -0.25) is 4.98 Å². The van der Waals surface area contributed by atoms with Crippen molar-refractivity contribution in [3.63, 3.8) is 0 Å². The number of esters is 1. The van der Waals surface area contributed by atoms with Gasteiger partial charge in [0.2, 0.25) is 0 Å². The summed E-state index contributed by atoms with van der Waals surface area (Å²) in [4.78, 5) is 19.3. The molecule has 88 valence electrons. The van der Waals surface area contributed by atoms with E-state index in [1.54, 1.807) is 6.92 Å². The summed E-state index contributed by atoms with van der Waals surface area (Å²) in [5, 5.41) is 3.99. The van der Waals surface area contributed by atoms with Crippen molar-refractivity contribution in [1.29, 1.82) is 0 Å². The Kier molecular flexibility index (Phi) is 2.99. The Morgan fingerprint density at radius 2 is 2.29 bits per heavy atom. The Labute approximate surface area is 97.2 Å². The molecule has 2 N–H and O–H groups in total. The van der Waals surface area contributed by atoms with Crippen LogP contribution in [-0.2, 0) is 4.74 Å². The average Bonchev–Trinajstić information content (AvgIpc) is 2.78. The predicted molar refractivity (Wildman–Crippen MR) is 59.5 cm³/mol. The fourth-order valence-corrected chi connectivity index (χ4v) is 1.25. The molecule has 0 aliphatic carbocycles. The molecule has 2 heterocycles. The molecule has 7 nitrogen and oxygen atoms in total. The second-order valence-corrected chi connectivity index (χ2v) is 3.20. The molecule has 2 rings (SSSR count). The highest BCUT2D eigenvalue weighted by Crippen LogP contribution is 2.07. The van der Waals surface area contributed by atoms with Gasteiger partial charge in [0, 0.05) is 6.20 Å². The summed E-state index contributed by atoms with van der Waals surface area (Å²) in [6.45, 7) is 2.06. The molecule has 0 bridgehead atoms. The van der Waals surface area contributed by atoms with Gasteiger partial charge >= 0.3 is 5.97 Å². The zero-order chi connectivity index (χ0) is 12.3. The van der Waals surface area contributed by atoms with Crippen LogP contribution >= 0.6 is 0 Å². The maximum Gasteiger partial charge on any atom is 0.341 e. The van der Waals surface area contributed by atoms with Gasteiger partial charge in [-0.2, -0.15) is 5.10 Å². The first-order valence-corrected chi connectivity index (χ1v) is 5.00. The number of rotatable bonds is 3. The second kappa shape index (κ2) is 4.60. The van der Waals surface area contributed by atoms with Crippen molar-refractivity contribution in [3.05, 3.63) is 30.4 Å². The molecule has 2 aromatic rings. The smallest absolute Gasteiger partial charge is 0.341 e. The maximum atomic E-state index is 11.4. The van der Waals surface area contributed by atoms with Crippen LogP contribution < -0.4 is 5.73 Å². The molecule has 7 heteroatoms. The number of carbonyl (C=O) groups excluding carboxylic acids is 1. The van der Waals surface area contributed by atoms with Gasteiger partial charge < -0.3 is 10.5 Å². The summed E-state index contributed by atoms with van der Waals surface area (Å²) in [6, 6.07) is 0. The highest BCUT2D eigenvalue weighted by Gasteiger charge is 2.10. The third-order valence-corrected chi connectivity index (χ3v) is 1.97. The Hall–Kier alpha value is -2.44. The van der Waals surface area contributed by atoms with Crippen molar-refractivity contribution in [3.8, 4) is 5.82 Å². The van der Waals surface area contributed by atoms with E-state index in [0.29, 0.717) is 18.0 Å². The van der Waals surface area contributed by atoms with E-state index in [1.165, 1.54) is 29.5 Å². The molecule has 0 atom stereocenters. The number of hydrogen-bond donors (Lipinski definition) is 1. The van der Waals surface area contributed by atoms with E-state index in [4.69, 9.17) is 10.5 Å². The van der Waals surface area contributed by atoms with Crippen LogP contribution in [0.15, 0.2) is 24.8 Å². The van der Waals surface area contributed by atoms with Crippen LogP contribution in [-0.4, -0.2) is 32.3 Å². The molecule has 0 saturated carbocycles. The first-order chi connectivity index (χ1) is 8.20. The molecule has 0 aliphatic heterocycles. The minimum atomic E-state index is -0.421. The molecule has 2 aromatic heterocycles. The summed E-state index contributed by atoms with van der Waals surface area (Å²) in [6.07, 6.45) is 5.85. The van der Waals surface area contributed by atoms with Crippen LogP contribution in [0.3, 0.4) is 0 Å². The topological polar surface area (TPSA) is 95.9 Å². The van der Waals surface area contributed by atoms with Crippen molar-refractivity contribution in [2.45, 2.75) is 6.92 Å².